The van der Waals surface area contributed by atoms with Crippen molar-refractivity contribution in [2.75, 3.05) is 13.2 Å². The molecule has 0 aliphatic carbocycles. The molecule has 0 bridgehead atoms. The average Bonchev–Trinajstić information content (AvgIpc) is 2.53. The predicted molar refractivity (Wildman–Crippen MR) is 91.8 cm³/mol. The van der Waals surface area contributed by atoms with E-state index in [0.717, 1.165) is 57.2 Å². The van der Waals surface area contributed by atoms with Crippen LogP contribution in [0.15, 0.2) is 55.6 Å². The SMILES string of the molecule is C=CCCCCOB(OCCCCC=C)c1ccccc1. The smallest absolute Gasteiger partial charge is 0.407 e. The highest BCUT2D eigenvalue weighted by Crippen LogP contribution is 2.02. The Morgan fingerprint density at radius 1 is 0.810 bits per heavy atom. The third-order valence-electron chi connectivity index (χ3n) is 3.22. The van der Waals surface area contributed by atoms with Crippen LogP contribution in [0.5, 0.6) is 0 Å². The molecule has 0 atom stereocenters. The van der Waals surface area contributed by atoms with Crippen molar-refractivity contribution < 1.29 is 9.31 Å². The van der Waals surface area contributed by atoms with Crippen LogP contribution in [0.1, 0.15) is 38.5 Å². The molecule has 0 radical (unpaired) electrons. The number of rotatable bonds is 13. The molecule has 3 heteroatoms. The molecule has 114 valence electrons. The highest BCUT2D eigenvalue weighted by molar-refractivity contribution is 6.61. The summed E-state index contributed by atoms with van der Waals surface area (Å²) in [4.78, 5) is 0. The highest BCUT2D eigenvalue weighted by atomic mass is 16.6. The molecule has 0 amide bonds. The number of hydrogen-bond acceptors (Lipinski definition) is 2. The second-order valence-electron chi connectivity index (χ2n) is 5.05. The van der Waals surface area contributed by atoms with Gasteiger partial charge in [0, 0.05) is 13.2 Å². The first kappa shape index (κ1) is 17.7. The summed E-state index contributed by atoms with van der Waals surface area (Å²) in [5.41, 5.74) is 1.09. The topological polar surface area (TPSA) is 18.5 Å². The van der Waals surface area contributed by atoms with Crippen LogP contribution in [0.4, 0.5) is 0 Å². The zero-order valence-electron chi connectivity index (χ0n) is 13.0. The first-order chi connectivity index (χ1) is 10.4. The Hall–Kier alpha value is -1.32. The summed E-state index contributed by atoms with van der Waals surface area (Å²) >= 11 is 0. The molecule has 0 aliphatic rings. The van der Waals surface area contributed by atoms with Crippen molar-refractivity contribution in [2.45, 2.75) is 38.5 Å². The first-order valence-electron chi connectivity index (χ1n) is 7.88. The van der Waals surface area contributed by atoms with Crippen molar-refractivity contribution in [3.05, 3.63) is 55.6 Å². The molecular formula is C18H27BO2. The van der Waals surface area contributed by atoms with Gasteiger partial charge in [-0.1, -0.05) is 42.5 Å². The van der Waals surface area contributed by atoms with E-state index in [9.17, 15) is 0 Å². The van der Waals surface area contributed by atoms with Crippen LogP contribution >= 0.6 is 0 Å². The van der Waals surface area contributed by atoms with Gasteiger partial charge in [-0.15, -0.1) is 13.2 Å². The molecule has 0 N–H and O–H groups in total. The molecule has 2 nitrogen and oxygen atoms in total. The van der Waals surface area contributed by atoms with Gasteiger partial charge in [0.05, 0.1) is 0 Å². The summed E-state index contributed by atoms with van der Waals surface area (Å²) in [6, 6.07) is 10.2. The van der Waals surface area contributed by atoms with Gasteiger partial charge in [-0.25, -0.2) is 0 Å². The van der Waals surface area contributed by atoms with Crippen LogP contribution in [0.25, 0.3) is 0 Å². The van der Waals surface area contributed by atoms with Crippen molar-refractivity contribution in [3.8, 4) is 0 Å². The second-order valence-corrected chi connectivity index (χ2v) is 5.05. The Kier molecular flexibility index (Phi) is 10.5. The summed E-state index contributed by atoms with van der Waals surface area (Å²) < 4.78 is 11.8. The molecule has 0 saturated heterocycles. The minimum absolute atomic E-state index is 0.251. The molecular weight excluding hydrogens is 259 g/mol. The summed E-state index contributed by atoms with van der Waals surface area (Å²) in [6.07, 6.45) is 10.3. The van der Waals surface area contributed by atoms with Gasteiger partial charge in [0.1, 0.15) is 0 Å². The van der Waals surface area contributed by atoms with Crippen molar-refractivity contribution in [3.63, 3.8) is 0 Å². The maximum Gasteiger partial charge on any atom is 0.493 e. The number of unbranched alkanes of at least 4 members (excludes halogenated alkanes) is 4. The Balaban J connectivity index is 2.35. The monoisotopic (exact) mass is 286 g/mol. The lowest BCUT2D eigenvalue weighted by molar-refractivity contribution is 0.201. The van der Waals surface area contributed by atoms with Gasteiger partial charge >= 0.3 is 7.12 Å². The second kappa shape index (κ2) is 12.4. The largest absolute Gasteiger partial charge is 0.493 e. The lowest BCUT2D eigenvalue weighted by atomic mass is 9.79. The number of hydrogen-bond donors (Lipinski definition) is 0. The van der Waals surface area contributed by atoms with Crippen LogP contribution in [-0.2, 0) is 9.31 Å². The molecule has 0 aromatic heterocycles. The van der Waals surface area contributed by atoms with Gasteiger partial charge in [-0.2, -0.15) is 0 Å². The molecule has 21 heavy (non-hydrogen) atoms. The van der Waals surface area contributed by atoms with Crippen molar-refractivity contribution in [2.24, 2.45) is 0 Å². The van der Waals surface area contributed by atoms with Crippen LogP contribution in [0.2, 0.25) is 0 Å². The van der Waals surface area contributed by atoms with Crippen molar-refractivity contribution >= 4 is 12.6 Å². The molecule has 0 saturated carbocycles. The van der Waals surface area contributed by atoms with Crippen LogP contribution in [-0.4, -0.2) is 20.3 Å². The quantitative estimate of drug-likeness (QED) is 0.308. The number of benzene rings is 1. The predicted octanol–water partition coefficient (Wildman–Crippen LogP) is 4.13. The maximum atomic E-state index is 5.90. The van der Waals surface area contributed by atoms with E-state index in [1.54, 1.807) is 0 Å². The summed E-state index contributed by atoms with van der Waals surface area (Å²) in [6.45, 7) is 8.91. The van der Waals surface area contributed by atoms with Gasteiger partial charge in [-0.3, -0.25) is 0 Å². The third kappa shape index (κ3) is 8.54. The highest BCUT2D eigenvalue weighted by Gasteiger charge is 2.20. The van der Waals surface area contributed by atoms with Crippen LogP contribution in [0, 0.1) is 0 Å². The summed E-state index contributed by atoms with van der Waals surface area (Å²) in [5, 5.41) is 0. The van der Waals surface area contributed by atoms with E-state index in [-0.39, 0.29) is 7.12 Å². The van der Waals surface area contributed by atoms with E-state index in [4.69, 9.17) is 9.31 Å². The third-order valence-corrected chi connectivity index (χ3v) is 3.22. The average molecular weight is 286 g/mol. The minimum Gasteiger partial charge on any atom is -0.407 e. The maximum absolute atomic E-state index is 5.90. The van der Waals surface area contributed by atoms with Gasteiger partial charge in [0.15, 0.2) is 0 Å². The van der Waals surface area contributed by atoms with Crippen molar-refractivity contribution in [1.82, 2.24) is 0 Å². The van der Waals surface area contributed by atoms with Crippen LogP contribution in [0.3, 0.4) is 0 Å². The lowest BCUT2D eigenvalue weighted by Gasteiger charge is -2.15. The van der Waals surface area contributed by atoms with E-state index in [0.29, 0.717) is 0 Å². The Morgan fingerprint density at radius 2 is 1.33 bits per heavy atom. The van der Waals surface area contributed by atoms with E-state index < -0.39 is 0 Å². The van der Waals surface area contributed by atoms with Crippen molar-refractivity contribution in [1.29, 1.82) is 0 Å². The lowest BCUT2D eigenvalue weighted by Crippen LogP contribution is -2.37. The Morgan fingerprint density at radius 3 is 1.81 bits per heavy atom. The van der Waals surface area contributed by atoms with E-state index in [1.165, 1.54) is 0 Å². The molecule has 0 unspecified atom stereocenters. The molecule has 0 fully saturated rings. The molecule has 0 heterocycles. The van der Waals surface area contributed by atoms with E-state index >= 15 is 0 Å². The molecule has 0 spiro atoms. The molecule has 0 aliphatic heterocycles. The summed E-state index contributed by atoms with van der Waals surface area (Å²) in [5.74, 6) is 0. The molecule has 1 aromatic rings. The van der Waals surface area contributed by atoms with Gasteiger partial charge in [0.2, 0.25) is 0 Å². The molecule has 1 aromatic carbocycles. The van der Waals surface area contributed by atoms with Crippen LogP contribution < -0.4 is 5.46 Å². The molecule has 1 rings (SSSR count). The normalized spacial score (nSPS) is 10.3. The van der Waals surface area contributed by atoms with E-state index in [1.807, 2.05) is 30.4 Å². The fourth-order valence-corrected chi connectivity index (χ4v) is 2.01. The Bertz CT molecular complexity index is 360. The van der Waals surface area contributed by atoms with Gasteiger partial charge in [-0.05, 0) is 44.0 Å². The zero-order valence-corrected chi connectivity index (χ0v) is 13.0. The Labute approximate surface area is 130 Å². The van der Waals surface area contributed by atoms with Gasteiger partial charge in [0.25, 0.3) is 0 Å². The number of allylic oxidation sites excluding steroid dienone is 2. The fourth-order valence-electron chi connectivity index (χ4n) is 2.01. The standard InChI is InChI=1S/C18H27BO2/c1-3-5-7-12-16-20-19(18-14-10-9-11-15-18)21-17-13-8-6-4-2/h3-4,9-11,14-15H,1-2,5-8,12-13,16-17H2. The summed E-state index contributed by atoms with van der Waals surface area (Å²) in [7, 11) is -0.251. The zero-order chi connectivity index (χ0) is 15.2. The fraction of sp³-hybridized carbons (Fsp3) is 0.444. The minimum atomic E-state index is -0.251. The van der Waals surface area contributed by atoms with Gasteiger partial charge < -0.3 is 9.31 Å². The van der Waals surface area contributed by atoms with E-state index in [2.05, 4.69) is 25.3 Å². The first-order valence-corrected chi connectivity index (χ1v) is 7.88.